The molecule has 1 fully saturated rings. The van der Waals surface area contributed by atoms with Crippen molar-refractivity contribution in [3.8, 4) is 0 Å². The minimum absolute atomic E-state index is 0.00491. The van der Waals surface area contributed by atoms with Crippen LogP contribution in [0.25, 0.3) is 0 Å². The van der Waals surface area contributed by atoms with Gasteiger partial charge in [0.15, 0.2) is 0 Å². The topological polar surface area (TPSA) is 78.4 Å². The predicted molar refractivity (Wildman–Crippen MR) is 70.7 cm³/mol. The first-order valence-electron chi connectivity index (χ1n) is 5.58. The first-order chi connectivity index (χ1) is 8.65. The van der Waals surface area contributed by atoms with E-state index in [0.717, 1.165) is 17.2 Å². The van der Waals surface area contributed by atoms with Gasteiger partial charge < -0.3 is 10.4 Å². The van der Waals surface area contributed by atoms with Gasteiger partial charge in [-0.3, -0.25) is 14.9 Å². The second kappa shape index (κ2) is 5.88. The van der Waals surface area contributed by atoms with E-state index in [0.29, 0.717) is 5.69 Å². The van der Waals surface area contributed by atoms with Crippen LogP contribution in [0, 0.1) is 0 Å². The van der Waals surface area contributed by atoms with Crippen molar-refractivity contribution >= 4 is 29.3 Å². The molecular formula is C12H14N2O3S. The highest BCUT2D eigenvalue weighted by Gasteiger charge is 2.22. The third-order valence-electron chi connectivity index (χ3n) is 2.61. The van der Waals surface area contributed by atoms with Gasteiger partial charge in [0, 0.05) is 17.3 Å². The summed E-state index contributed by atoms with van der Waals surface area (Å²) in [6, 6.07) is 6.71. The van der Waals surface area contributed by atoms with E-state index in [1.807, 2.05) is 0 Å². The van der Waals surface area contributed by atoms with Crippen LogP contribution >= 0.6 is 11.8 Å². The molecule has 1 aromatic rings. The second-order valence-electron chi connectivity index (χ2n) is 4.03. The van der Waals surface area contributed by atoms with Crippen LogP contribution in [0.5, 0.6) is 0 Å². The lowest BCUT2D eigenvalue weighted by atomic mass is 10.1. The molecule has 1 amide bonds. The van der Waals surface area contributed by atoms with Gasteiger partial charge in [0.05, 0.1) is 12.5 Å². The Morgan fingerprint density at radius 1 is 1.39 bits per heavy atom. The third-order valence-corrected chi connectivity index (χ3v) is 3.55. The molecule has 0 aromatic heterocycles. The molecule has 6 heteroatoms. The Bertz CT molecular complexity index is 441. The minimum Gasteiger partial charge on any atom is -0.481 e. The molecule has 0 radical (unpaired) electrons. The zero-order valence-corrected chi connectivity index (χ0v) is 10.5. The van der Waals surface area contributed by atoms with Crippen LogP contribution in [0.3, 0.4) is 0 Å². The fraction of sp³-hybridized carbons (Fsp3) is 0.333. The van der Waals surface area contributed by atoms with Gasteiger partial charge in [-0.15, -0.1) is 11.8 Å². The van der Waals surface area contributed by atoms with Crippen LogP contribution in [-0.2, 0) is 16.0 Å². The first-order valence-corrected chi connectivity index (χ1v) is 6.73. The molecule has 1 aliphatic rings. The van der Waals surface area contributed by atoms with E-state index in [2.05, 4.69) is 10.6 Å². The summed E-state index contributed by atoms with van der Waals surface area (Å²) >= 11 is 1.69. The maximum Gasteiger partial charge on any atom is 0.307 e. The molecular weight excluding hydrogens is 252 g/mol. The van der Waals surface area contributed by atoms with Crippen LogP contribution in [0.2, 0.25) is 0 Å². The molecule has 1 heterocycles. The zero-order chi connectivity index (χ0) is 13.0. The standard InChI is InChI=1S/C12H14N2O3S/c15-11(16)5-8-1-3-9(4-2-8)14-12(17)10-6-18-7-13-10/h1-4,10,13H,5-7H2,(H,14,17)(H,15,16). The predicted octanol–water partition coefficient (Wildman–Crippen LogP) is 0.915. The Morgan fingerprint density at radius 3 is 2.67 bits per heavy atom. The van der Waals surface area contributed by atoms with Crippen molar-refractivity contribution in [3.05, 3.63) is 29.8 Å². The lowest BCUT2D eigenvalue weighted by Gasteiger charge is -2.10. The van der Waals surface area contributed by atoms with E-state index in [4.69, 9.17) is 5.11 Å². The van der Waals surface area contributed by atoms with Gasteiger partial charge in [-0.1, -0.05) is 12.1 Å². The molecule has 2 rings (SSSR count). The van der Waals surface area contributed by atoms with Gasteiger partial charge >= 0.3 is 5.97 Å². The average molecular weight is 266 g/mol. The Labute approximate surface area is 109 Å². The highest BCUT2D eigenvalue weighted by Crippen LogP contribution is 2.14. The number of hydrogen-bond acceptors (Lipinski definition) is 4. The van der Waals surface area contributed by atoms with Gasteiger partial charge in [-0.05, 0) is 17.7 Å². The largest absolute Gasteiger partial charge is 0.481 e. The molecule has 18 heavy (non-hydrogen) atoms. The van der Waals surface area contributed by atoms with Crippen LogP contribution in [0.1, 0.15) is 5.56 Å². The average Bonchev–Trinajstić information content (AvgIpc) is 2.84. The number of hydrogen-bond donors (Lipinski definition) is 3. The lowest BCUT2D eigenvalue weighted by Crippen LogP contribution is -2.37. The van der Waals surface area contributed by atoms with Crippen molar-refractivity contribution in [2.24, 2.45) is 0 Å². The molecule has 3 N–H and O–H groups in total. The number of amides is 1. The summed E-state index contributed by atoms with van der Waals surface area (Å²) in [6.07, 6.45) is -0.00491. The Balaban J connectivity index is 1.93. The highest BCUT2D eigenvalue weighted by molar-refractivity contribution is 7.99. The molecule has 1 aromatic carbocycles. The van der Waals surface area contributed by atoms with Crippen LogP contribution in [0.4, 0.5) is 5.69 Å². The minimum atomic E-state index is -0.862. The monoisotopic (exact) mass is 266 g/mol. The van der Waals surface area contributed by atoms with E-state index >= 15 is 0 Å². The molecule has 5 nitrogen and oxygen atoms in total. The van der Waals surface area contributed by atoms with E-state index in [1.165, 1.54) is 0 Å². The first kappa shape index (κ1) is 12.9. The molecule has 1 atom stereocenters. The number of carboxylic acid groups (broad SMARTS) is 1. The van der Waals surface area contributed by atoms with Crippen molar-refractivity contribution < 1.29 is 14.7 Å². The molecule has 1 aliphatic heterocycles. The second-order valence-corrected chi connectivity index (χ2v) is 5.06. The Hall–Kier alpha value is -1.53. The normalized spacial score (nSPS) is 18.6. The Morgan fingerprint density at radius 2 is 2.11 bits per heavy atom. The van der Waals surface area contributed by atoms with Crippen molar-refractivity contribution in [2.45, 2.75) is 12.5 Å². The SMILES string of the molecule is O=C(O)Cc1ccc(NC(=O)C2CSCN2)cc1. The molecule has 1 saturated heterocycles. The number of carbonyl (C=O) groups excluding carboxylic acids is 1. The van der Waals surface area contributed by atoms with E-state index in [1.54, 1.807) is 36.0 Å². The highest BCUT2D eigenvalue weighted by atomic mass is 32.2. The van der Waals surface area contributed by atoms with Crippen molar-refractivity contribution in [1.82, 2.24) is 5.32 Å². The van der Waals surface area contributed by atoms with Gasteiger partial charge in [0.1, 0.15) is 0 Å². The number of nitrogens with one attached hydrogen (secondary N) is 2. The van der Waals surface area contributed by atoms with Crippen molar-refractivity contribution in [2.75, 3.05) is 16.9 Å². The van der Waals surface area contributed by atoms with Gasteiger partial charge in [0.25, 0.3) is 0 Å². The summed E-state index contributed by atoms with van der Waals surface area (Å²) in [5.41, 5.74) is 1.41. The molecule has 0 spiro atoms. The molecule has 0 aliphatic carbocycles. The third kappa shape index (κ3) is 3.48. The summed E-state index contributed by atoms with van der Waals surface area (Å²) in [7, 11) is 0. The summed E-state index contributed by atoms with van der Waals surface area (Å²) < 4.78 is 0. The summed E-state index contributed by atoms with van der Waals surface area (Å²) in [5, 5.41) is 14.5. The van der Waals surface area contributed by atoms with Crippen molar-refractivity contribution in [3.63, 3.8) is 0 Å². The quantitative estimate of drug-likeness (QED) is 0.755. The maximum absolute atomic E-state index is 11.8. The van der Waals surface area contributed by atoms with E-state index in [-0.39, 0.29) is 18.4 Å². The van der Waals surface area contributed by atoms with Crippen LogP contribution in [0.15, 0.2) is 24.3 Å². The number of anilines is 1. The van der Waals surface area contributed by atoms with Gasteiger partial charge in [0.2, 0.25) is 5.91 Å². The summed E-state index contributed by atoms with van der Waals surface area (Å²) in [5.74, 6) is 0.670. The number of carboxylic acids is 1. The zero-order valence-electron chi connectivity index (χ0n) is 9.68. The number of benzene rings is 1. The fourth-order valence-corrected chi connectivity index (χ4v) is 2.62. The van der Waals surface area contributed by atoms with Crippen LogP contribution in [-0.4, -0.2) is 34.7 Å². The molecule has 1 unspecified atom stereocenters. The Kier molecular flexibility index (Phi) is 4.22. The molecule has 0 saturated carbocycles. The molecule has 0 bridgehead atoms. The van der Waals surface area contributed by atoms with Crippen LogP contribution < -0.4 is 10.6 Å². The number of rotatable bonds is 4. The van der Waals surface area contributed by atoms with Crippen molar-refractivity contribution in [1.29, 1.82) is 0 Å². The van der Waals surface area contributed by atoms with E-state index in [9.17, 15) is 9.59 Å². The summed E-state index contributed by atoms with van der Waals surface area (Å²) in [6.45, 7) is 0. The number of carbonyl (C=O) groups is 2. The van der Waals surface area contributed by atoms with E-state index < -0.39 is 5.97 Å². The molecule has 96 valence electrons. The van der Waals surface area contributed by atoms with Gasteiger partial charge in [-0.25, -0.2) is 0 Å². The van der Waals surface area contributed by atoms with Gasteiger partial charge in [-0.2, -0.15) is 0 Å². The fourth-order valence-electron chi connectivity index (χ4n) is 1.67. The number of thioether (sulfide) groups is 1. The smallest absolute Gasteiger partial charge is 0.307 e. The summed E-state index contributed by atoms with van der Waals surface area (Å²) in [4.78, 5) is 22.3. The number of aliphatic carboxylic acids is 1. The maximum atomic E-state index is 11.8. The lowest BCUT2D eigenvalue weighted by molar-refractivity contribution is -0.136.